The van der Waals surface area contributed by atoms with Crippen LogP contribution in [0.15, 0.2) is 27.6 Å². The zero-order valence-electron chi connectivity index (χ0n) is 11.6. The summed E-state index contributed by atoms with van der Waals surface area (Å²) in [6.45, 7) is 2.38. The van der Waals surface area contributed by atoms with E-state index in [4.69, 9.17) is 14.6 Å². The standard InChI is InChI=1S/C12H17BrN2O5S/c1-8(12(16)15-5-6-19-2)20-11-4-3-9(7-10(11)13)21(14,17)18/h3-4,7-8H,5-6H2,1-2H3,(H,15,16)(H2,14,17,18). The van der Waals surface area contributed by atoms with Crippen molar-refractivity contribution < 1.29 is 22.7 Å². The van der Waals surface area contributed by atoms with Crippen molar-refractivity contribution in [3.05, 3.63) is 22.7 Å². The van der Waals surface area contributed by atoms with Crippen LogP contribution in [-0.4, -0.2) is 40.7 Å². The predicted octanol–water partition coefficient (Wildman–Crippen LogP) is 0.626. The highest BCUT2D eigenvalue weighted by Crippen LogP contribution is 2.28. The maximum Gasteiger partial charge on any atom is 0.260 e. The second-order valence-electron chi connectivity index (χ2n) is 4.18. The predicted molar refractivity (Wildman–Crippen MR) is 80.5 cm³/mol. The van der Waals surface area contributed by atoms with Crippen molar-refractivity contribution in [2.75, 3.05) is 20.3 Å². The lowest BCUT2D eigenvalue weighted by atomic mass is 10.3. The van der Waals surface area contributed by atoms with E-state index in [1.54, 1.807) is 6.92 Å². The van der Waals surface area contributed by atoms with E-state index < -0.39 is 16.1 Å². The van der Waals surface area contributed by atoms with Crippen LogP contribution in [0.25, 0.3) is 0 Å². The number of primary sulfonamides is 1. The smallest absolute Gasteiger partial charge is 0.260 e. The highest BCUT2D eigenvalue weighted by Gasteiger charge is 2.17. The van der Waals surface area contributed by atoms with Crippen LogP contribution in [0.2, 0.25) is 0 Å². The van der Waals surface area contributed by atoms with Crippen LogP contribution in [0.5, 0.6) is 5.75 Å². The third-order valence-corrected chi connectivity index (χ3v) is 4.04. The fourth-order valence-electron chi connectivity index (χ4n) is 1.42. The van der Waals surface area contributed by atoms with Gasteiger partial charge in [0.25, 0.3) is 5.91 Å². The van der Waals surface area contributed by atoms with E-state index in [1.807, 2.05) is 0 Å². The van der Waals surface area contributed by atoms with Gasteiger partial charge < -0.3 is 14.8 Å². The summed E-state index contributed by atoms with van der Waals surface area (Å²) in [5, 5.41) is 7.67. The van der Waals surface area contributed by atoms with Crippen molar-refractivity contribution in [2.24, 2.45) is 5.14 Å². The number of rotatable bonds is 7. The van der Waals surface area contributed by atoms with Crippen LogP contribution < -0.4 is 15.2 Å². The Morgan fingerprint density at radius 2 is 2.14 bits per heavy atom. The second-order valence-corrected chi connectivity index (χ2v) is 6.60. The molecule has 0 aliphatic rings. The number of halogens is 1. The molecule has 9 heteroatoms. The van der Waals surface area contributed by atoms with Crippen molar-refractivity contribution in [1.82, 2.24) is 5.32 Å². The minimum atomic E-state index is -3.78. The van der Waals surface area contributed by atoms with Crippen LogP contribution in [0.3, 0.4) is 0 Å². The van der Waals surface area contributed by atoms with Gasteiger partial charge in [0.05, 0.1) is 16.0 Å². The summed E-state index contributed by atoms with van der Waals surface area (Å²) in [7, 11) is -2.24. The number of hydrogen-bond acceptors (Lipinski definition) is 5. The van der Waals surface area contributed by atoms with Crippen LogP contribution >= 0.6 is 15.9 Å². The summed E-state index contributed by atoms with van der Waals surface area (Å²) in [5.41, 5.74) is 0. The SMILES string of the molecule is COCCNC(=O)C(C)Oc1ccc(S(N)(=O)=O)cc1Br. The summed E-state index contributed by atoms with van der Waals surface area (Å²) in [4.78, 5) is 11.7. The molecule has 1 unspecified atom stereocenters. The van der Waals surface area contributed by atoms with Gasteiger partial charge in [-0.05, 0) is 41.1 Å². The maximum absolute atomic E-state index is 11.7. The summed E-state index contributed by atoms with van der Waals surface area (Å²) in [5.74, 6) is 0.0475. The van der Waals surface area contributed by atoms with Crippen LogP contribution in [0, 0.1) is 0 Å². The number of sulfonamides is 1. The monoisotopic (exact) mass is 380 g/mol. The number of carbonyl (C=O) groups is 1. The van der Waals surface area contributed by atoms with Gasteiger partial charge in [-0.2, -0.15) is 0 Å². The molecule has 0 heterocycles. The second kappa shape index (κ2) is 7.74. The normalized spacial score (nSPS) is 12.8. The average molecular weight is 381 g/mol. The highest BCUT2D eigenvalue weighted by atomic mass is 79.9. The number of hydrogen-bond donors (Lipinski definition) is 2. The quantitative estimate of drug-likeness (QED) is 0.674. The summed E-state index contributed by atoms with van der Waals surface area (Å²) in [6.07, 6.45) is -0.738. The summed E-state index contributed by atoms with van der Waals surface area (Å²) < 4.78 is 33.1. The largest absolute Gasteiger partial charge is 0.480 e. The molecule has 0 fully saturated rings. The van der Waals surface area contributed by atoms with E-state index in [0.717, 1.165) is 0 Å². The number of nitrogens with two attached hydrogens (primary N) is 1. The van der Waals surface area contributed by atoms with E-state index >= 15 is 0 Å². The molecule has 0 saturated carbocycles. The molecule has 0 aliphatic heterocycles. The molecule has 3 N–H and O–H groups in total. The molecule has 0 bridgehead atoms. The topological polar surface area (TPSA) is 108 Å². The molecule has 1 rings (SSSR count). The molecule has 0 aromatic heterocycles. The van der Waals surface area contributed by atoms with Crippen molar-refractivity contribution >= 4 is 31.9 Å². The van der Waals surface area contributed by atoms with Gasteiger partial charge in [-0.15, -0.1) is 0 Å². The summed E-state index contributed by atoms with van der Waals surface area (Å²) >= 11 is 3.18. The Hall–Kier alpha value is -1.16. The Balaban J connectivity index is 2.73. The number of carbonyl (C=O) groups excluding carboxylic acids is 1. The minimum absolute atomic E-state index is 0.0427. The van der Waals surface area contributed by atoms with Crippen LogP contribution in [0.1, 0.15) is 6.92 Å². The minimum Gasteiger partial charge on any atom is -0.480 e. The third-order valence-electron chi connectivity index (χ3n) is 2.51. The molecule has 118 valence electrons. The molecule has 0 radical (unpaired) electrons. The van der Waals surface area contributed by atoms with E-state index in [9.17, 15) is 13.2 Å². The molecule has 21 heavy (non-hydrogen) atoms. The molecule has 0 aliphatic carbocycles. The zero-order chi connectivity index (χ0) is 16.0. The first kappa shape index (κ1) is 17.9. The molecule has 1 aromatic rings. The molecule has 0 saturated heterocycles. The molecule has 1 aromatic carbocycles. The van der Waals surface area contributed by atoms with Gasteiger partial charge >= 0.3 is 0 Å². The van der Waals surface area contributed by atoms with Gasteiger partial charge in [0.15, 0.2) is 6.10 Å². The fraction of sp³-hybridized carbons (Fsp3) is 0.417. The van der Waals surface area contributed by atoms with Gasteiger partial charge in [0, 0.05) is 13.7 Å². The van der Waals surface area contributed by atoms with E-state index in [1.165, 1.54) is 25.3 Å². The molecule has 0 spiro atoms. The number of benzene rings is 1. The van der Waals surface area contributed by atoms with Crippen molar-refractivity contribution in [3.8, 4) is 5.75 Å². The van der Waals surface area contributed by atoms with Gasteiger partial charge in [-0.1, -0.05) is 0 Å². The van der Waals surface area contributed by atoms with Gasteiger partial charge in [0.2, 0.25) is 10.0 Å². The zero-order valence-corrected chi connectivity index (χ0v) is 14.0. The molecule has 1 atom stereocenters. The number of amides is 1. The number of ether oxygens (including phenoxy) is 2. The van der Waals surface area contributed by atoms with Crippen molar-refractivity contribution in [1.29, 1.82) is 0 Å². The average Bonchev–Trinajstić information content (AvgIpc) is 2.39. The van der Waals surface area contributed by atoms with Gasteiger partial charge in [-0.3, -0.25) is 4.79 Å². The molecular formula is C12H17BrN2O5S. The highest BCUT2D eigenvalue weighted by molar-refractivity contribution is 9.10. The van der Waals surface area contributed by atoms with Crippen LogP contribution in [0.4, 0.5) is 0 Å². The Bertz CT molecular complexity index is 606. The van der Waals surface area contributed by atoms with E-state index in [2.05, 4.69) is 21.2 Å². The van der Waals surface area contributed by atoms with E-state index in [0.29, 0.717) is 23.4 Å². The van der Waals surface area contributed by atoms with Crippen LogP contribution in [-0.2, 0) is 19.6 Å². The van der Waals surface area contributed by atoms with Crippen molar-refractivity contribution in [2.45, 2.75) is 17.9 Å². The lowest BCUT2D eigenvalue weighted by Crippen LogP contribution is -2.38. The fourth-order valence-corrected chi connectivity index (χ4v) is 2.58. The lowest BCUT2D eigenvalue weighted by Gasteiger charge is -2.16. The summed E-state index contributed by atoms with van der Waals surface area (Å²) in [6, 6.07) is 4.06. The molecule has 1 amide bonds. The van der Waals surface area contributed by atoms with Gasteiger partial charge in [0.1, 0.15) is 5.75 Å². The molecular weight excluding hydrogens is 364 g/mol. The Morgan fingerprint density at radius 3 is 2.67 bits per heavy atom. The maximum atomic E-state index is 11.7. The first-order valence-electron chi connectivity index (χ1n) is 6.01. The number of methoxy groups -OCH3 is 1. The van der Waals surface area contributed by atoms with Crippen molar-refractivity contribution in [3.63, 3.8) is 0 Å². The lowest BCUT2D eigenvalue weighted by molar-refractivity contribution is -0.127. The Kier molecular flexibility index (Phi) is 6.59. The Morgan fingerprint density at radius 1 is 1.48 bits per heavy atom. The first-order chi connectivity index (χ1) is 9.75. The first-order valence-corrected chi connectivity index (χ1v) is 8.35. The molecule has 7 nitrogen and oxygen atoms in total. The Labute approximate surface area is 132 Å². The van der Waals surface area contributed by atoms with Gasteiger partial charge in [-0.25, -0.2) is 13.6 Å². The third kappa shape index (κ3) is 5.62. The number of nitrogens with one attached hydrogen (secondary N) is 1. The van der Waals surface area contributed by atoms with E-state index in [-0.39, 0.29) is 10.8 Å².